The number of hydrogen-bond donors (Lipinski definition) is 1. The molecule has 2 aromatic heterocycles. The summed E-state index contributed by atoms with van der Waals surface area (Å²) in [4.78, 5) is 10.9. The second-order valence-electron chi connectivity index (χ2n) is 5.11. The Labute approximate surface area is 124 Å². The minimum Gasteiger partial charge on any atom is -0.437 e. The number of aromatic nitrogens is 2. The lowest BCUT2D eigenvalue weighted by molar-refractivity contribution is 0.183. The fourth-order valence-corrected chi connectivity index (χ4v) is 2.76. The summed E-state index contributed by atoms with van der Waals surface area (Å²) in [5.41, 5.74) is 1.00. The number of ether oxygens (including phenoxy) is 1. The van der Waals surface area contributed by atoms with Crippen LogP contribution in [0.3, 0.4) is 0 Å². The molecule has 21 heavy (non-hydrogen) atoms. The highest BCUT2D eigenvalue weighted by molar-refractivity contribution is 5.25. The van der Waals surface area contributed by atoms with E-state index >= 15 is 0 Å². The van der Waals surface area contributed by atoms with Crippen LogP contribution in [0.15, 0.2) is 42.7 Å². The quantitative estimate of drug-likeness (QED) is 0.914. The molecule has 0 unspecified atom stereocenters. The Kier molecular flexibility index (Phi) is 4.43. The van der Waals surface area contributed by atoms with Gasteiger partial charge < -0.3 is 9.84 Å². The Balaban J connectivity index is 1.77. The molecular weight excluding hydrogens is 266 g/mol. The molecule has 1 fully saturated rings. The zero-order valence-electron chi connectivity index (χ0n) is 11.9. The second kappa shape index (κ2) is 6.65. The van der Waals surface area contributed by atoms with Crippen molar-refractivity contribution in [3.63, 3.8) is 0 Å². The van der Waals surface area contributed by atoms with Crippen LogP contribution in [0.1, 0.15) is 24.6 Å². The summed E-state index contributed by atoms with van der Waals surface area (Å²) in [5.74, 6) is 1.26. The van der Waals surface area contributed by atoms with E-state index < -0.39 is 0 Å². The summed E-state index contributed by atoms with van der Waals surface area (Å²) in [5, 5.41) is 9.15. The first-order chi connectivity index (χ1) is 10.4. The van der Waals surface area contributed by atoms with Crippen molar-refractivity contribution in [1.82, 2.24) is 14.9 Å². The SMILES string of the molecule is OCCN1CCC[C@H]1c1cccc(Oc2cccnc2)n1. The van der Waals surface area contributed by atoms with Gasteiger partial charge in [0, 0.05) is 18.8 Å². The molecular formula is C16H19N3O2. The van der Waals surface area contributed by atoms with Crippen LogP contribution in [-0.4, -0.2) is 39.7 Å². The molecule has 1 saturated heterocycles. The zero-order chi connectivity index (χ0) is 14.5. The van der Waals surface area contributed by atoms with E-state index in [-0.39, 0.29) is 12.6 Å². The second-order valence-corrected chi connectivity index (χ2v) is 5.11. The third-order valence-corrected chi connectivity index (χ3v) is 3.69. The first kappa shape index (κ1) is 14.0. The Morgan fingerprint density at radius 3 is 3.05 bits per heavy atom. The van der Waals surface area contributed by atoms with Gasteiger partial charge in [-0.3, -0.25) is 9.88 Å². The Bertz CT molecular complexity index is 577. The highest BCUT2D eigenvalue weighted by atomic mass is 16.5. The highest BCUT2D eigenvalue weighted by Gasteiger charge is 2.26. The van der Waals surface area contributed by atoms with E-state index in [0.717, 1.165) is 25.1 Å². The molecule has 2 aromatic rings. The van der Waals surface area contributed by atoms with Gasteiger partial charge in [-0.1, -0.05) is 6.07 Å². The average molecular weight is 285 g/mol. The van der Waals surface area contributed by atoms with E-state index in [9.17, 15) is 0 Å². The molecule has 1 aliphatic rings. The highest BCUT2D eigenvalue weighted by Crippen LogP contribution is 2.31. The molecule has 3 rings (SSSR count). The Morgan fingerprint density at radius 2 is 2.24 bits per heavy atom. The van der Waals surface area contributed by atoms with Crippen molar-refractivity contribution in [1.29, 1.82) is 0 Å². The molecule has 1 N–H and O–H groups in total. The van der Waals surface area contributed by atoms with Crippen molar-refractivity contribution in [3.05, 3.63) is 48.4 Å². The Hall–Kier alpha value is -1.98. The smallest absolute Gasteiger partial charge is 0.219 e. The molecule has 3 heterocycles. The summed E-state index contributed by atoms with van der Waals surface area (Å²) >= 11 is 0. The van der Waals surface area contributed by atoms with Crippen LogP contribution in [-0.2, 0) is 0 Å². The molecule has 0 amide bonds. The lowest BCUT2D eigenvalue weighted by Crippen LogP contribution is -2.26. The van der Waals surface area contributed by atoms with Gasteiger partial charge in [0.15, 0.2) is 0 Å². The maximum atomic E-state index is 9.15. The molecule has 0 spiro atoms. The molecule has 1 atom stereocenters. The number of hydrogen-bond acceptors (Lipinski definition) is 5. The maximum absolute atomic E-state index is 9.15. The predicted molar refractivity (Wildman–Crippen MR) is 79.2 cm³/mol. The van der Waals surface area contributed by atoms with Crippen LogP contribution >= 0.6 is 0 Å². The normalized spacial score (nSPS) is 18.8. The van der Waals surface area contributed by atoms with E-state index in [0.29, 0.717) is 18.2 Å². The van der Waals surface area contributed by atoms with Crippen LogP contribution in [0.2, 0.25) is 0 Å². The van der Waals surface area contributed by atoms with Crippen molar-refractivity contribution in [2.45, 2.75) is 18.9 Å². The molecule has 0 saturated carbocycles. The van der Waals surface area contributed by atoms with E-state index in [2.05, 4.69) is 14.9 Å². The molecule has 5 heteroatoms. The predicted octanol–water partition coefficient (Wildman–Crippen LogP) is 2.40. The monoisotopic (exact) mass is 285 g/mol. The molecule has 5 nitrogen and oxygen atoms in total. The zero-order valence-corrected chi connectivity index (χ0v) is 11.9. The van der Waals surface area contributed by atoms with Gasteiger partial charge in [0.05, 0.1) is 24.5 Å². The summed E-state index contributed by atoms with van der Waals surface area (Å²) in [6.45, 7) is 1.89. The molecule has 0 aliphatic carbocycles. The van der Waals surface area contributed by atoms with Gasteiger partial charge in [-0.25, -0.2) is 4.98 Å². The molecule has 1 aliphatic heterocycles. The van der Waals surface area contributed by atoms with Crippen LogP contribution in [0, 0.1) is 0 Å². The number of aliphatic hydroxyl groups is 1. The summed E-state index contributed by atoms with van der Waals surface area (Å²) in [6, 6.07) is 9.80. The Morgan fingerprint density at radius 1 is 1.29 bits per heavy atom. The lowest BCUT2D eigenvalue weighted by atomic mass is 10.1. The third kappa shape index (κ3) is 3.37. The maximum Gasteiger partial charge on any atom is 0.219 e. The van der Waals surface area contributed by atoms with Crippen molar-refractivity contribution < 1.29 is 9.84 Å². The fourth-order valence-electron chi connectivity index (χ4n) is 2.76. The molecule has 110 valence electrons. The summed E-state index contributed by atoms with van der Waals surface area (Å²) in [6.07, 6.45) is 5.59. The average Bonchev–Trinajstić information content (AvgIpc) is 2.97. The van der Waals surface area contributed by atoms with Crippen LogP contribution in [0.5, 0.6) is 11.6 Å². The van der Waals surface area contributed by atoms with Gasteiger partial charge in [0.1, 0.15) is 5.75 Å². The largest absolute Gasteiger partial charge is 0.437 e. The number of aliphatic hydroxyl groups excluding tert-OH is 1. The van der Waals surface area contributed by atoms with Crippen LogP contribution in [0.25, 0.3) is 0 Å². The standard InChI is InChI=1S/C16H19N3O2/c20-11-10-19-9-3-6-15(19)14-5-1-7-16(18-14)21-13-4-2-8-17-12-13/h1-2,4-5,7-8,12,15,20H,3,6,9-11H2/t15-/m0/s1. The van der Waals surface area contributed by atoms with Gasteiger partial charge in [-0.15, -0.1) is 0 Å². The van der Waals surface area contributed by atoms with E-state index in [1.165, 1.54) is 0 Å². The molecule has 0 aromatic carbocycles. The summed E-state index contributed by atoms with van der Waals surface area (Å²) < 4.78 is 5.73. The van der Waals surface area contributed by atoms with Crippen LogP contribution < -0.4 is 4.74 Å². The molecule has 0 radical (unpaired) electrons. The first-order valence-electron chi connectivity index (χ1n) is 7.26. The van der Waals surface area contributed by atoms with Gasteiger partial charge in [-0.2, -0.15) is 0 Å². The van der Waals surface area contributed by atoms with Gasteiger partial charge in [0.25, 0.3) is 0 Å². The van der Waals surface area contributed by atoms with Gasteiger partial charge in [0.2, 0.25) is 5.88 Å². The minimum absolute atomic E-state index is 0.183. The van der Waals surface area contributed by atoms with Crippen molar-refractivity contribution in [2.24, 2.45) is 0 Å². The lowest BCUT2D eigenvalue weighted by Gasteiger charge is -2.23. The number of β-amino-alcohol motifs (C(OH)–C–C–N with tert-alkyl or cyclic N) is 1. The van der Waals surface area contributed by atoms with E-state index in [1.807, 2.05) is 30.3 Å². The van der Waals surface area contributed by atoms with E-state index in [4.69, 9.17) is 9.84 Å². The van der Waals surface area contributed by atoms with Crippen molar-refractivity contribution >= 4 is 0 Å². The number of likely N-dealkylation sites (tertiary alicyclic amines) is 1. The van der Waals surface area contributed by atoms with Gasteiger partial charge >= 0.3 is 0 Å². The first-order valence-corrected chi connectivity index (χ1v) is 7.26. The van der Waals surface area contributed by atoms with Gasteiger partial charge in [-0.05, 0) is 37.6 Å². The summed E-state index contributed by atoms with van der Waals surface area (Å²) in [7, 11) is 0. The van der Waals surface area contributed by atoms with Crippen LogP contribution in [0.4, 0.5) is 0 Å². The number of pyridine rings is 2. The fraction of sp³-hybridized carbons (Fsp3) is 0.375. The molecule has 0 bridgehead atoms. The third-order valence-electron chi connectivity index (χ3n) is 3.69. The van der Waals surface area contributed by atoms with Crippen molar-refractivity contribution in [2.75, 3.05) is 19.7 Å². The van der Waals surface area contributed by atoms with E-state index in [1.54, 1.807) is 12.4 Å². The minimum atomic E-state index is 0.183. The van der Waals surface area contributed by atoms with Crippen molar-refractivity contribution in [3.8, 4) is 11.6 Å². The topological polar surface area (TPSA) is 58.5 Å². The number of rotatable bonds is 5. The number of nitrogens with zero attached hydrogens (tertiary/aromatic N) is 3.